The Bertz CT molecular complexity index is 695. The van der Waals surface area contributed by atoms with E-state index in [-0.39, 0.29) is 16.8 Å². The highest BCUT2D eigenvalue weighted by molar-refractivity contribution is 7.89. The van der Waals surface area contributed by atoms with Crippen LogP contribution in [0.2, 0.25) is 0 Å². The van der Waals surface area contributed by atoms with Gasteiger partial charge in [0.1, 0.15) is 0 Å². The quantitative estimate of drug-likeness (QED) is 0.875. The number of carbonyl (C=O) groups excluding carboxylic acids is 1. The third-order valence-electron chi connectivity index (χ3n) is 4.40. The van der Waals surface area contributed by atoms with Gasteiger partial charge in [0.05, 0.1) is 18.1 Å². The molecule has 1 aliphatic rings. The van der Waals surface area contributed by atoms with E-state index in [1.807, 2.05) is 20.8 Å². The normalized spacial score (nSPS) is 17.7. The van der Waals surface area contributed by atoms with Crippen LogP contribution in [0.1, 0.15) is 36.7 Å². The zero-order chi connectivity index (χ0) is 17.9. The van der Waals surface area contributed by atoms with E-state index in [1.54, 1.807) is 19.1 Å². The van der Waals surface area contributed by atoms with Crippen LogP contribution in [-0.4, -0.2) is 51.0 Å². The lowest BCUT2D eigenvalue weighted by Crippen LogP contribution is -2.41. The molecule has 0 bridgehead atoms. The lowest BCUT2D eigenvalue weighted by atomic mass is 10.1. The summed E-state index contributed by atoms with van der Waals surface area (Å²) in [4.78, 5) is 12.6. The molecule has 6 nitrogen and oxygen atoms in total. The molecule has 2 rings (SSSR count). The van der Waals surface area contributed by atoms with Gasteiger partial charge in [-0.2, -0.15) is 4.31 Å². The van der Waals surface area contributed by atoms with E-state index in [4.69, 9.17) is 4.74 Å². The molecular formula is C17H26N2O4S. The molecule has 134 valence electrons. The number of ether oxygens (including phenoxy) is 1. The monoisotopic (exact) mass is 354 g/mol. The van der Waals surface area contributed by atoms with E-state index in [0.717, 1.165) is 0 Å². The average molecular weight is 354 g/mol. The van der Waals surface area contributed by atoms with Gasteiger partial charge in [-0.25, -0.2) is 8.42 Å². The number of nitrogens with one attached hydrogen (secondary N) is 1. The number of hydrogen-bond donors (Lipinski definition) is 1. The van der Waals surface area contributed by atoms with Gasteiger partial charge >= 0.3 is 0 Å². The van der Waals surface area contributed by atoms with Crippen LogP contribution >= 0.6 is 0 Å². The van der Waals surface area contributed by atoms with Crippen LogP contribution in [0.5, 0.6) is 0 Å². The second-order valence-corrected chi connectivity index (χ2v) is 8.41. The number of benzene rings is 1. The first-order valence-corrected chi connectivity index (χ1v) is 9.67. The topological polar surface area (TPSA) is 75.7 Å². The van der Waals surface area contributed by atoms with Gasteiger partial charge in [0.2, 0.25) is 10.0 Å². The molecule has 1 N–H and O–H groups in total. The van der Waals surface area contributed by atoms with E-state index in [2.05, 4.69) is 5.32 Å². The third kappa shape index (κ3) is 4.15. The first-order chi connectivity index (χ1) is 11.2. The minimum absolute atomic E-state index is 0.0121. The number of aryl methyl sites for hydroxylation is 1. The van der Waals surface area contributed by atoms with Crippen LogP contribution in [0.3, 0.4) is 0 Å². The Hall–Kier alpha value is -1.44. The highest BCUT2D eigenvalue weighted by Gasteiger charge is 2.28. The van der Waals surface area contributed by atoms with Crippen molar-refractivity contribution in [3.63, 3.8) is 0 Å². The van der Waals surface area contributed by atoms with Gasteiger partial charge < -0.3 is 10.1 Å². The van der Waals surface area contributed by atoms with Crippen molar-refractivity contribution in [3.05, 3.63) is 29.3 Å². The molecule has 0 saturated carbocycles. The molecular weight excluding hydrogens is 328 g/mol. The summed E-state index contributed by atoms with van der Waals surface area (Å²) in [5.41, 5.74) is 0.995. The maximum atomic E-state index is 12.9. The molecule has 24 heavy (non-hydrogen) atoms. The fourth-order valence-corrected chi connectivity index (χ4v) is 4.06. The standard InChI is InChI=1S/C17H26N2O4S/c1-12(2)14(4)18-17(20)15-6-5-13(3)16(11-15)24(21,22)19-7-9-23-10-8-19/h5-6,11-12,14H,7-10H2,1-4H3,(H,18,20)/t14-/m0/s1. The van der Waals surface area contributed by atoms with Crippen LogP contribution in [0.25, 0.3) is 0 Å². The summed E-state index contributed by atoms with van der Waals surface area (Å²) in [6, 6.07) is 4.83. The van der Waals surface area contributed by atoms with Crippen LogP contribution in [0.15, 0.2) is 23.1 Å². The fourth-order valence-electron chi connectivity index (χ4n) is 2.40. The van der Waals surface area contributed by atoms with Crippen molar-refractivity contribution in [2.45, 2.75) is 38.6 Å². The molecule has 1 aromatic rings. The summed E-state index contributed by atoms with van der Waals surface area (Å²) in [5.74, 6) is 0.0468. The predicted molar refractivity (Wildman–Crippen MR) is 92.5 cm³/mol. The molecule has 0 unspecified atom stereocenters. The van der Waals surface area contributed by atoms with Crippen LogP contribution in [0, 0.1) is 12.8 Å². The lowest BCUT2D eigenvalue weighted by Gasteiger charge is -2.27. The number of rotatable bonds is 5. The largest absolute Gasteiger partial charge is 0.379 e. The Morgan fingerprint density at radius 1 is 1.21 bits per heavy atom. The minimum Gasteiger partial charge on any atom is -0.379 e. The molecule has 1 fully saturated rings. The van der Waals surface area contributed by atoms with Crippen molar-refractivity contribution >= 4 is 15.9 Å². The number of carbonyl (C=O) groups is 1. The smallest absolute Gasteiger partial charge is 0.251 e. The number of amides is 1. The first kappa shape index (κ1) is 18.9. The summed E-state index contributed by atoms with van der Waals surface area (Å²) in [6.45, 7) is 9.18. The highest BCUT2D eigenvalue weighted by atomic mass is 32.2. The Labute approximate surface area is 144 Å². The Kier molecular flexibility index (Phi) is 6.01. The molecule has 0 radical (unpaired) electrons. The van der Waals surface area contributed by atoms with Gasteiger partial charge in [0, 0.05) is 24.7 Å². The van der Waals surface area contributed by atoms with E-state index >= 15 is 0 Å². The predicted octanol–water partition coefficient (Wildman–Crippen LogP) is 1.79. The molecule has 1 amide bonds. The fraction of sp³-hybridized carbons (Fsp3) is 0.588. The van der Waals surface area contributed by atoms with Gasteiger partial charge in [0.15, 0.2) is 0 Å². The zero-order valence-electron chi connectivity index (χ0n) is 14.7. The van der Waals surface area contributed by atoms with Crippen molar-refractivity contribution in [1.82, 2.24) is 9.62 Å². The van der Waals surface area contributed by atoms with E-state index < -0.39 is 10.0 Å². The van der Waals surface area contributed by atoms with Crippen LogP contribution in [-0.2, 0) is 14.8 Å². The Morgan fingerprint density at radius 2 is 1.83 bits per heavy atom. The van der Waals surface area contributed by atoms with E-state index in [9.17, 15) is 13.2 Å². The average Bonchev–Trinajstić information content (AvgIpc) is 2.55. The lowest BCUT2D eigenvalue weighted by molar-refractivity contribution is 0.0730. The Morgan fingerprint density at radius 3 is 2.42 bits per heavy atom. The molecule has 0 aliphatic carbocycles. The molecule has 7 heteroatoms. The molecule has 1 saturated heterocycles. The van der Waals surface area contributed by atoms with Crippen LogP contribution < -0.4 is 5.32 Å². The number of nitrogens with zero attached hydrogens (tertiary/aromatic N) is 1. The van der Waals surface area contributed by atoms with Gasteiger partial charge in [-0.3, -0.25) is 4.79 Å². The second-order valence-electron chi connectivity index (χ2n) is 6.50. The first-order valence-electron chi connectivity index (χ1n) is 8.23. The SMILES string of the molecule is Cc1ccc(C(=O)N[C@@H](C)C(C)C)cc1S(=O)(=O)N1CCOCC1. The van der Waals surface area contributed by atoms with Crippen molar-refractivity contribution < 1.29 is 17.9 Å². The van der Waals surface area contributed by atoms with Crippen LogP contribution in [0.4, 0.5) is 0 Å². The number of sulfonamides is 1. The van der Waals surface area contributed by atoms with Gasteiger partial charge in [-0.05, 0) is 37.5 Å². The van der Waals surface area contributed by atoms with E-state index in [0.29, 0.717) is 43.3 Å². The van der Waals surface area contributed by atoms with Crippen molar-refractivity contribution in [2.24, 2.45) is 5.92 Å². The third-order valence-corrected chi connectivity index (χ3v) is 6.44. The molecule has 0 spiro atoms. The maximum absolute atomic E-state index is 12.9. The summed E-state index contributed by atoms with van der Waals surface area (Å²) >= 11 is 0. The number of hydrogen-bond acceptors (Lipinski definition) is 4. The summed E-state index contributed by atoms with van der Waals surface area (Å²) in [7, 11) is -3.62. The molecule has 1 heterocycles. The van der Waals surface area contributed by atoms with Crippen molar-refractivity contribution in [1.29, 1.82) is 0 Å². The molecule has 1 atom stereocenters. The van der Waals surface area contributed by atoms with Crippen molar-refractivity contribution in [3.8, 4) is 0 Å². The summed E-state index contributed by atoms with van der Waals surface area (Å²) in [6.07, 6.45) is 0. The van der Waals surface area contributed by atoms with Crippen molar-refractivity contribution in [2.75, 3.05) is 26.3 Å². The maximum Gasteiger partial charge on any atom is 0.251 e. The second kappa shape index (κ2) is 7.63. The van der Waals surface area contributed by atoms with Gasteiger partial charge in [-0.15, -0.1) is 0 Å². The Balaban J connectivity index is 2.29. The summed E-state index contributed by atoms with van der Waals surface area (Å²) < 4.78 is 32.3. The number of morpholine rings is 1. The molecule has 1 aromatic carbocycles. The molecule has 1 aliphatic heterocycles. The van der Waals surface area contributed by atoms with Gasteiger partial charge in [0.25, 0.3) is 5.91 Å². The summed E-state index contributed by atoms with van der Waals surface area (Å²) in [5, 5.41) is 2.91. The highest BCUT2D eigenvalue weighted by Crippen LogP contribution is 2.22. The minimum atomic E-state index is -3.62. The van der Waals surface area contributed by atoms with Gasteiger partial charge in [-0.1, -0.05) is 19.9 Å². The molecule has 0 aromatic heterocycles. The zero-order valence-corrected chi connectivity index (χ0v) is 15.5. The van der Waals surface area contributed by atoms with E-state index in [1.165, 1.54) is 10.4 Å².